The summed E-state index contributed by atoms with van der Waals surface area (Å²) < 4.78 is 0. The Kier molecular flexibility index (Phi) is 4.52. The van der Waals surface area contributed by atoms with Crippen LogP contribution in [0, 0.1) is 5.92 Å². The number of piperidine rings is 1. The Morgan fingerprint density at radius 2 is 1.96 bits per heavy atom. The number of fused-ring (bicyclic) bond motifs is 1. The van der Waals surface area contributed by atoms with E-state index in [1.807, 2.05) is 43.1 Å². The molecule has 1 unspecified atom stereocenters. The van der Waals surface area contributed by atoms with E-state index in [2.05, 4.69) is 12.2 Å². The Hall–Kier alpha value is -2.04. The van der Waals surface area contributed by atoms with Crippen molar-refractivity contribution >= 4 is 23.2 Å². The van der Waals surface area contributed by atoms with E-state index in [0.717, 1.165) is 24.2 Å². The van der Waals surface area contributed by atoms with Gasteiger partial charge in [0.1, 0.15) is 5.54 Å². The Morgan fingerprint density at radius 3 is 2.62 bits per heavy atom. The number of likely N-dealkylation sites (N-methyl/N-ethyl adjacent to an activating group) is 1. The SMILES string of the molecule is CCCC(C)C(=O)N1CCC2(CC1)Nc1ccccc1N(C)C2=O. The van der Waals surface area contributed by atoms with Gasteiger partial charge in [-0.15, -0.1) is 0 Å². The predicted molar refractivity (Wildman–Crippen MR) is 96.1 cm³/mol. The van der Waals surface area contributed by atoms with Crippen molar-refractivity contribution in [2.24, 2.45) is 5.92 Å². The normalized spacial score (nSPS) is 20.5. The first-order valence-corrected chi connectivity index (χ1v) is 8.92. The van der Waals surface area contributed by atoms with Crippen LogP contribution in [0.25, 0.3) is 0 Å². The summed E-state index contributed by atoms with van der Waals surface area (Å²) in [6.07, 6.45) is 3.27. The largest absolute Gasteiger partial charge is 0.369 e. The number of nitrogens with zero attached hydrogens (tertiary/aromatic N) is 2. The fraction of sp³-hybridized carbons (Fsp3) is 0.579. The zero-order valence-corrected chi connectivity index (χ0v) is 14.8. The molecule has 1 fully saturated rings. The molecule has 5 nitrogen and oxygen atoms in total. The molecule has 1 spiro atoms. The number of nitrogens with one attached hydrogen (secondary N) is 1. The maximum Gasteiger partial charge on any atom is 0.252 e. The summed E-state index contributed by atoms with van der Waals surface area (Å²) in [7, 11) is 1.84. The summed E-state index contributed by atoms with van der Waals surface area (Å²) in [6, 6.07) is 7.89. The molecule has 1 N–H and O–H groups in total. The van der Waals surface area contributed by atoms with Crippen LogP contribution in [0.2, 0.25) is 0 Å². The van der Waals surface area contributed by atoms with Crippen LogP contribution >= 0.6 is 0 Å². The van der Waals surface area contributed by atoms with Crippen molar-refractivity contribution in [1.82, 2.24) is 4.90 Å². The minimum Gasteiger partial charge on any atom is -0.369 e. The van der Waals surface area contributed by atoms with Gasteiger partial charge in [-0.1, -0.05) is 32.4 Å². The molecule has 1 aromatic carbocycles. The van der Waals surface area contributed by atoms with Crippen LogP contribution in [0.1, 0.15) is 39.5 Å². The van der Waals surface area contributed by atoms with Crippen LogP contribution < -0.4 is 10.2 Å². The maximum atomic E-state index is 12.9. The molecule has 1 aromatic rings. The number of amides is 2. The third-order valence-corrected chi connectivity index (χ3v) is 5.43. The zero-order valence-electron chi connectivity index (χ0n) is 14.8. The van der Waals surface area contributed by atoms with Crippen LogP contribution in [0.5, 0.6) is 0 Å². The highest BCUT2D eigenvalue weighted by atomic mass is 16.2. The second-order valence-electron chi connectivity index (χ2n) is 7.10. The summed E-state index contributed by atoms with van der Waals surface area (Å²) in [5.74, 6) is 0.404. The Bertz CT molecular complexity index is 635. The molecule has 2 aliphatic rings. The van der Waals surface area contributed by atoms with Gasteiger partial charge in [-0.05, 0) is 31.4 Å². The molecule has 130 valence electrons. The monoisotopic (exact) mass is 329 g/mol. The minimum absolute atomic E-state index is 0.0717. The van der Waals surface area contributed by atoms with Gasteiger partial charge in [-0.3, -0.25) is 9.59 Å². The molecule has 0 radical (unpaired) electrons. The molecule has 24 heavy (non-hydrogen) atoms. The van der Waals surface area contributed by atoms with Crippen molar-refractivity contribution in [3.05, 3.63) is 24.3 Å². The second kappa shape index (κ2) is 6.46. The average molecular weight is 329 g/mol. The van der Waals surface area contributed by atoms with E-state index in [1.54, 1.807) is 4.90 Å². The van der Waals surface area contributed by atoms with E-state index < -0.39 is 5.54 Å². The van der Waals surface area contributed by atoms with E-state index in [1.165, 1.54) is 0 Å². The van der Waals surface area contributed by atoms with Crippen molar-refractivity contribution in [3.8, 4) is 0 Å². The summed E-state index contributed by atoms with van der Waals surface area (Å²) in [6.45, 7) is 5.39. The predicted octanol–water partition coefficient (Wildman–Crippen LogP) is 2.87. The van der Waals surface area contributed by atoms with Crippen LogP contribution in [0.4, 0.5) is 11.4 Å². The van der Waals surface area contributed by atoms with Gasteiger partial charge in [0.15, 0.2) is 0 Å². The molecule has 0 saturated carbocycles. The molecule has 3 rings (SSSR count). The van der Waals surface area contributed by atoms with Gasteiger partial charge in [-0.25, -0.2) is 0 Å². The fourth-order valence-corrected chi connectivity index (χ4v) is 3.93. The highest BCUT2D eigenvalue weighted by Gasteiger charge is 2.47. The minimum atomic E-state index is -0.576. The van der Waals surface area contributed by atoms with Crippen LogP contribution in [-0.4, -0.2) is 42.4 Å². The quantitative estimate of drug-likeness (QED) is 0.928. The number of carbonyl (C=O) groups excluding carboxylic acids is 2. The first-order valence-electron chi connectivity index (χ1n) is 8.92. The summed E-state index contributed by atoms with van der Waals surface area (Å²) in [4.78, 5) is 29.1. The number of hydrogen-bond donors (Lipinski definition) is 1. The molecule has 2 aliphatic heterocycles. The first kappa shape index (κ1) is 16.8. The van der Waals surface area contributed by atoms with Gasteiger partial charge in [-0.2, -0.15) is 0 Å². The molecule has 2 amide bonds. The number of rotatable bonds is 3. The van der Waals surface area contributed by atoms with E-state index in [-0.39, 0.29) is 17.7 Å². The lowest BCUT2D eigenvalue weighted by Gasteiger charge is -2.47. The number of carbonyl (C=O) groups is 2. The maximum absolute atomic E-state index is 12.9. The zero-order chi connectivity index (χ0) is 17.3. The van der Waals surface area contributed by atoms with E-state index in [0.29, 0.717) is 25.9 Å². The molecule has 1 atom stereocenters. The number of likely N-dealkylation sites (tertiary alicyclic amines) is 1. The summed E-state index contributed by atoms with van der Waals surface area (Å²) in [5, 5.41) is 3.48. The summed E-state index contributed by atoms with van der Waals surface area (Å²) >= 11 is 0. The Labute approximate surface area is 144 Å². The molecule has 0 aromatic heterocycles. The van der Waals surface area contributed by atoms with Gasteiger partial charge >= 0.3 is 0 Å². The topological polar surface area (TPSA) is 52.7 Å². The fourth-order valence-electron chi connectivity index (χ4n) is 3.93. The van der Waals surface area contributed by atoms with Crippen LogP contribution in [0.15, 0.2) is 24.3 Å². The van der Waals surface area contributed by atoms with Gasteiger partial charge in [0.05, 0.1) is 11.4 Å². The van der Waals surface area contributed by atoms with E-state index >= 15 is 0 Å². The number of hydrogen-bond acceptors (Lipinski definition) is 3. The molecule has 1 saturated heterocycles. The second-order valence-corrected chi connectivity index (χ2v) is 7.10. The van der Waals surface area contributed by atoms with Gasteiger partial charge in [0.25, 0.3) is 5.91 Å². The lowest BCUT2D eigenvalue weighted by Crippen LogP contribution is -2.61. The smallest absolute Gasteiger partial charge is 0.252 e. The Morgan fingerprint density at radius 1 is 1.29 bits per heavy atom. The number of para-hydroxylation sites is 2. The highest BCUT2D eigenvalue weighted by molar-refractivity contribution is 6.07. The third-order valence-electron chi connectivity index (χ3n) is 5.43. The van der Waals surface area contributed by atoms with Crippen molar-refractivity contribution in [3.63, 3.8) is 0 Å². The standard InChI is InChI=1S/C19H27N3O2/c1-4-7-14(2)17(23)22-12-10-19(11-13-22)18(24)21(3)16-9-6-5-8-15(16)20-19/h5-6,8-9,14,20H,4,7,10-13H2,1-3H3. The lowest BCUT2D eigenvalue weighted by atomic mass is 9.83. The first-order chi connectivity index (χ1) is 11.5. The van der Waals surface area contributed by atoms with E-state index in [4.69, 9.17) is 0 Å². The number of anilines is 2. The van der Waals surface area contributed by atoms with Crippen molar-refractivity contribution in [2.75, 3.05) is 30.4 Å². The summed E-state index contributed by atoms with van der Waals surface area (Å²) in [5.41, 5.74) is 1.34. The van der Waals surface area contributed by atoms with Crippen LogP contribution in [0.3, 0.4) is 0 Å². The lowest BCUT2D eigenvalue weighted by molar-refractivity contribution is -0.138. The molecule has 0 bridgehead atoms. The highest BCUT2D eigenvalue weighted by Crippen LogP contribution is 2.39. The van der Waals surface area contributed by atoms with E-state index in [9.17, 15) is 9.59 Å². The molecule has 5 heteroatoms. The average Bonchev–Trinajstić information content (AvgIpc) is 2.60. The van der Waals surface area contributed by atoms with Crippen molar-refractivity contribution in [2.45, 2.75) is 45.1 Å². The molecule has 0 aliphatic carbocycles. The van der Waals surface area contributed by atoms with Gasteiger partial charge in [0, 0.05) is 26.1 Å². The molecular formula is C19H27N3O2. The Balaban J connectivity index is 1.74. The molecular weight excluding hydrogens is 302 g/mol. The van der Waals surface area contributed by atoms with Gasteiger partial charge < -0.3 is 15.1 Å². The van der Waals surface area contributed by atoms with Crippen molar-refractivity contribution in [1.29, 1.82) is 0 Å². The van der Waals surface area contributed by atoms with Crippen molar-refractivity contribution < 1.29 is 9.59 Å². The number of benzene rings is 1. The van der Waals surface area contributed by atoms with Gasteiger partial charge in [0.2, 0.25) is 5.91 Å². The van der Waals surface area contributed by atoms with Crippen LogP contribution in [-0.2, 0) is 9.59 Å². The molecule has 2 heterocycles. The third kappa shape index (κ3) is 2.76.